The Balaban J connectivity index is 1.60. The number of amides is 3. The molecule has 3 amide bonds. The summed E-state index contributed by atoms with van der Waals surface area (Å²) in [6, 6.07) is 4.58. The molecule has 0 spiro atoms. The summed E-state index contributed by atoms with van der Waals surface area (Å²) < 4.78 is 13.2. The van der Waals surface area contributed by atoms with Crippen LogP contribution in [-0.2, 0) is 14.4 Å². The van der Waals surface area contributed by atoms with Gasteiger partial charge in [-0.1, -0.05) is 45.7 Å². The van der Waals surface area contributed by atoms with Crippen molar-refractivity contribution in [2.24, 2.45) is 29.6 Å². The van der Waals surface area contributed by atoms with Crippen LogP contribution in [0.15, 0.2) is 24.3 Å². The molecule has 1 heterocycles. The molecule has 2 bridgehead atoms. The highest BCUT2D eigenvalue weighted by Crippen LogP contribution is 2.60. The third-order valence-corrected chi connectivity index (χ3v) is 9.65. The smallest absolute Gasteiger partial charge is 0.247 e. The molecule has 7 atom stereocenters. The average Bonchev–Trinajstić information content (AvgIpc) is 3.27. The van der Waals surface area contributed by atoms with Crippen LogP contribution in [0.1, 0.15) is 26.7 Å². The number of hydrogen-bond acceptors (Lipinski definition) is 3. The van der Waals surface area contributed by atoms with Crippen LogP contribution in [0.25, 0.3) is 0 Å². The number of anilines is 1. The maximum atomic E-state index is 13.3. The number of imide groups is 1. The highest BCUT2D eigenvalue weighted by atomic mass is 79.9. The molecule has 1 aromatic rings. The Labute approximate surface area is 186 Å². The van der Waals surface area contributed by atoms with Crippen LogP contribution >= 0.6 is 31.9 Å². The van der Waals surface area contributed by atoms with E-state index in [2.05, 4.69) is 37.2 Å². The molecule has 2 saturated carbocycles. The van der Waals surface area contributed by atoms with E-state index in [0.717, 1.165) is 6.42 Å². The molecule has 29 heavy (non-hydrogen) atoms. The van der Waals surface area contributed by atoms with Crippen molar-refractivity contribution in [3.63, 3.8) is 0 Å². The van der Waals surface area contributed by atoms with Crippen molar-refractivity contribution in [3.8, 4) is 0 Å². The second-order valence-corrected chi connectivity index (χ2v) is 10.8. The van der Waals surface area contributed by atoms with E-state index in [-0.39, 0.29) is 51.1 Å². The van der Waals surface area contributed by atoms with E-state index in [4.69, 9.17) is 0 Å². The summed E-state index contributed by atoms with van der Waals surface area (Å²) in [4.78, 5) is 41.2. The first-order valence-electron chi connectivity index (χ1n) is 9.92. The Morgan fingerprint density at radius 1 is 1.10 bits per heavy atom. The highest BCUT2D eigenvalue weighted by molar-refractivity contribution is 9.12. The van der Waals surface area contributed by atoms with Gasteiger partial charge in [-0.25, -0.2) is 4.39 Å². The first-order valence-corrected chi connectivity index (χ1v) is 11.7. The number of nitrogens with one attached hydrogen (secondary N) is 1. The molecule has 1 saturated heterocycles. The van der Waals surface area contributed by atoms with Crippen LogP contribution in [0.2, 0.25) is 0 Å². The quantitative estimate of drug-likeness (QED) is 0.464. The van der Waals surface area contributed by atoms with Gasteiger partial charge in [-0.3, -0.25) is 19.3 Å². The van der Waals surface area contributed by atoms with Crippen molar-refractivity contribution in [1.82, 2.24) is 4.90 Å². The van der Waals surface area contributed by atoms with E-state index in [1.807, 2.05) is 13.8 Å². The molecule has 2 aliphatic carbocycles. The minimum absolute atomic E-state index is 0.107. The van der Waals surface area contributed by atoms with Gasteiger partial charge in [0.05, 0.1) is 11.8 Å². The number of carbonyl (C=O) groups is 3. The molecule has 1 aromatic carbocycles. The van der Waals surface area contributed by atoms with E-state index in [1.54, 1.807) is 0 Å². The van der Waals surface area contributed by atoms with Crippen molar-refractivity contribution >= 4 is 55.3 Å². The second-order valence-electron chi connectivity index (χ2n) is 8.69. The number of benzene rings is 1. The minimum atomic E-state index is -0.868. The fourth-order valence-electron chi connectivity index (χ4n) is 5.21. The number of fused-ring (bicyclic) bond motifs is 5. The number of halogens is 3. The van der Waals surface area contributed by atoms with E-state index < -0.39 is 17.8 Å². The summed E-state index contributed by atoms with van der Waals surface area (Å²) in [6.07, 6.45) is 1.23. The van der Waals surface area contributed by atoms with Crippen molar-refractivity contribution in [2.45, 2.75) is 42.4 Å². The maximum absolute atomic E-state index is 13.3. The van der Waals surface area contributed by atoms with Gasteiger partial charge >= 0.3 is 0 Å². The van der Waals surface area contributed by atoms with Gasteiger partial charge in [0.2, 0.25) is 17.7 Å². The van der Waals surface area contributed by atoms with Gasteiger partial charge in [0.1, 0.15) is 11.9 Å². The molecular weight excluding hydrogens is 507 g/mol. The summed E-state index contributed by atoms with van der Waals surface area (Å²) in [5.74, 6) is -1.63. The Morgan fingerprint density at radius 2 is 1.62 bits per heavy atom. The molecule has 0 unspecified atom stereocenters. The Morgan fingerprint density at radius 3 is 2.10 bits per heavy atom. The lowest BCUT2D eigenvalue weighted by Gasteiger charge is -2.28. The van der Waals surface area contributed by atoms with Crippen LogP contribution in [-0.4, -0.2) is 38.3 Å². The van der Waals surface area contributed by atoms with Gasteiger partial charge in [-0.05, 0) is 54.9 Å². The van der Waals surface area contributed by atoms with E-state index in [0.29, 0.717) is 12.1 Å². The number of carbonyl (C=O) groups excluding carboxylic acids is 3. The number of hydrogen-bond donors (Lipinski definition) is 1. The lowest BCUT2D eigenvalue weighted by molar-refractivity contribution is -0.147. The standard InChI is InChI=1S/C21H23Br2FN2O3/c1-9(2)7-14(19(27)25-11-5-3-10(24)4-6-11)26-20(28)15-12-8-13(16(15)21(26)29)18(23)17(12)22/h3-6,9,12-18H,7-8H2,1-2H3,(H,25,27)/t12-,13-,14+,15-,16+,17-,18+/m0/s1. The first kappa shape index (κ1) is 21.0. The Hall–Kier alpha value is -1.28. The summed E-state index contributed by atoms with van der Waals surface area (Å²) in [5.41, 5.74) is 0.436. The largest absolute Gasteiger partial charge is 0.324 e. The molecule has 1 N–H and O–H groups in total. The van der Waals surface area contributed by atoms with E-state index in [9.17, 15) is 18.8 Å². The molecule has 0 radical (unpaired) electrons. The number of likely N-dealkylation sites (tertiary alicyclic amines) is 1. The molecule has 156 valence electrons. The molecule has 3 fully saturated rings. The van der Waals surface area contributed by atoms with Crippen molar-refractivity contribution < 1.29 is 18.8 Å². The van der Waals surface area contributed by atoms with Gasteiger partial charge in [-0.15, -0.1) is 0 Å². The van der Waals surface area contributed by atoms with Crippen LogP contribution < -0.4 is 5.32 Å². The maximum Gasteiger partial charge on any atom is 0.247 e. The van der Waals surface area contributed by atoms with Gasteiger partial charge in [0, 0.05) is 15.3 Å². The third kappa shape index (κ3) is 3.46. The third-order valence-electron chi connectivity index (χ3n) is 6.44. The predicted molar refractivity (Wildman–Crippen MR) is 114 cm³/mol. The summed E-state index contributed by atoms with van der Waals surface area (Å²) in [6.45, 7) is 3.91. The number of rotatable bonds is 5. The van der Waals surface area contributed by atoms with Gasteiger partial charge < -0.3 is 5.32 Å². The van der Waals surface area contributed by atoms with Crippen LogP contribution in [0.5, 0.6) is 0 Å². The van der Waals surface area contributed by atoms with Gasteiger partial charge in [0.15, 0.2) is 0 Å². The predicted octanol–water partition coefficient (Wildman–Crippen LogP) is 3.96. The SMILES string of the molecule is CC(C)C[C@H](C(=O)Nc1ccc(F)cc1)N1C(=O)[C@@H]2[C@@H]3C[C@H]([C@H](Br)[C@@H]3Br)[C@@H]2C1=O. The zero-order chi connectivity index (χ0) is 21.0. The topological polar surface area (TPSA) is 66.5 Å². The summed E-state index contributed by atoms with van der Waals surface area (Å²) >= 11 is 7.36. The number of alkyl halides is 2. The highest BCUT2D eigenvalue weighted by Gasteiger charge is 2.67. The van der Waals surface area contributed by atoms with E-state index >= 15 is 0 Å². The monoisotopic (exact) mass is 528 g/mol. The second kappa shape index (κ2) is 7.76. The minimum Gasteiger partial charge on any atom is -0.324 e. The molecule has 8 heteroatoms. The van der Waals surface area contributed by atoms with Crippen LogP contribution in [0.4, 0.5) is 10.1 Å². The summed E-state index contributed by atoms with van der Waals surface area (Å²) in [7, 11) is 0. The zero-order valence-electron chi connectivity index (χ0n) is 16.1. The van der Waals surface area contributed by atoms with Crippen LogP contribution in [0.3, 0.4) is 0 Å². The van der Waals surface area contributed by atoms with Crippen molar-refractivity contribution in [1.29, 1.82) is 0 Å². The lowest BCUT2D eigenvalue weighted by atomic mass is 9.81. The normalized spacial score (nSPS) is 34.1. The molecule has 3 aliphatic rings. The van der Waals surface area contributed by atoms with Gasteiger partial charge in [-0.2, -0.15) is 0 Å². The first-order chi connectivity index (χ1) is 13.7. The Bertz CT molecular complexity index is 815. The molecule has 4 rings (SSSR count). The molecule has 5 nitrogen and oxygen atoms in total. The van der Waals surface area contributed by atoms with Crippen molar-refractivity contribution in [3.05, 3.63) is 30.1 Å². The fourth-order valence-corrected chi connectivity index (χ4v) is 7.09. The van der Waals surface area contributed by atoms with E-state index in [1.165, 1.54) is 29.2 Å². The van der Waals surface area contributed by atoms with Crippen LogP contribution in [0, 0.1) is 35.4 Å². The summed E-state index contributed by atoms with van der Waals surface area (Å²) in [5, 5.41) is 2.74. The Kier molecular flexibility index (Phi) is 5.61. The zero-order valence-corrected chi connectivity index (χ0v) is 19.3. The molecule has 0 aromatic heterocycles. The number of nitrogens with zero attached hydrogens (tertiary/aromatic N) is 1. The van der Waals surface area contributed by atoms with Gasteiger partial charge in [0.25, 0.3) is 0 Å². The fraction of sp³-hybridized carbons (Fsp3) is 0.571. The average molecular weight is 530 g/mol. The van der Waals surface area contributed by atoms with Crippen molar-refractivity contribution in [2.75, 3.05) is 5.32 Å². The molecular formula is C21H23Br2FN2O3. The lowest BCUT2D eigenvalue weighted by Crippen LogP contribution is -2.49. The molecule has 1 aliphatic heterocycles.